The summed E-state index contributed by atoms with van der Waals surface area (Å²) in [4.78, 5) is 17.6. The summed E-state index contributed by atoms with van der Waals surface area (Å²) in [6, 6.07) is 13.9. The molecule has 1 unspecified atom stereocenters. The summed E-state index contributed by atoms with van der Waals surface area (Å²) in [7, 11) is -3.63. The molecule has 0 bridgehead atoms. The van der Waals surface area contributed by atoms with Gasteiger partial charge < -0.3 is 10.1 Å². The quantitative estimate of drug-likeness (QED) is 0.571. The van der Waals surface area contributed by atoms with E-state index in [4.69, 9.17) is 4.74 Å². The highest BCUT2D eigenvalue weighted by molar-refractivity contribution is 7.90. The van der Waals surface area contributed by atoms with Gasteiger partial charge in [0.2, 0.25) is 5.91 Å². The van der Waals surface area contributed by atoms with E-state index in [9.17, 15) is 13.2 Å². The van der Waals surface area contributed by atoms with Crippen molar-refractivity contribution in [3.63, 3.8) is 0 Å². The molecule has 7 nitrogen and oxygen atoms in total. The molecule has 2 aromatic carbocycles. The summed E-state index contributed by atoms with van der Waals surface area (Å²) in [5, 5.41) is 2.95. The number of carbonyl (C=O) groups excluding carboxylic acids is 1. The Labute approximate surface area is 190 Å². The number of ether oxygens (including phenoxy) is 1. The molecule has 0 aromatic heterocycles. The van der Waals surface area contributed by atoms with E-state index in [0.29, 0.717) is 24.9 Å². The van der Waals surface area contributed by atoms with E-state index in [1.165, 1.54) is 0 Å². The first-order valence-corrected chi connectivity index (χ1v) is 12.5. The maximum absolute atomic E-state index is 12.9. The fourth-order valence-corrected chi connectivity index (χ4v) is 4.73. The van der Waals surface area contributed by atoms with Crippen molar-refractivity contribution in [3.05, 3.63) is 59.7 Å². The number of sulfonamides is 1. The zero-order chi connectivity index (χ0) is 23.1. The molecule has 0 spiro atoms. The van der Waals surface area contributed by atoms with Crippen molar-refractivity contribution < 1.29 is 17.9 Å². The van der Waals surface area contributed by atoms with Crippen LogP contribution in [0.3, 0.4) is 0 Å². The molecule has 1 atom stereocenters. The smallest absolute Gasteiger partial charge is 0.263 e. The lowest BCUT2D eigenvalue weighted by Gasteiger charge is -2.14. The van der Waals surface area contributed by atoms with Crippen molar-refractivity contribution in [3.8, 4) is 5.75 Å². The third kappa shape index (κ3) is 6.09. The van der Waals surface area contributed by atoms with Gasteiger partial charge in [0, 0.05) is 12.1 Å². The van der Waals surface area contributed by atoms with E-state index in [1.54, 1.807) is 24.3 Å². The summed E-state index contributed by atoms with van der Waals surface area (Å²) < 4.78 is 32.8. The molecule has 0 radical (unpaired) electrons. The van der Waals surface area contributed by atoms with Gasteiger partial charge in [0.05, 0.1) is 11.0 Å². The van der Waals surface area contributed by atoms with Crippen LogP contribution in [-0.4, -0.2) is 38.9 Å². The van der Waals surface area contributed by atoms with Gasteiger partial charge in [0.1, 0.15) is 17.6 Å². The minimum Gasteiger partial charge on any atom is -0.491 e. The van der Waals surface area contributed by atoms with Crippen molar-refractivity contribution in [1.29, 1.82) is 0 Å². The van der Waals surface area contributed by atoms with E-state index >= 15 is 0 Å². The monoisotopic (exact) mass is 457 g/mol. The summed E-state index contributed by atoms with van der Waals surface area (Å²) in [6.45, 7) is 6.48. The van der Waals surface area contributed by atoms with E-state index in [0.717, 1.165) is 24.2 Å². The molecule has 32 heavy (non-hydrogen) atoms. The second-order valence-electron chi connectivity index (χ2n) is 8.09. The second kappa shape index (κ2) is 10.6. The Morgan fingerprint density at radius 3 is 2.53 bits per heavy atom. The molecule has 8 heteroatoms. The van der Waals surface area contributed by atoms with Gasteiger partial charge in [-0.15, -0.1) is 0 Å². The molecule has 0 aliphatic carbocycles. The molecule has 0 fully saturated rings. The number of hydrogen-bond donors (Lipinski definition) is 2. The van der Waals surface area contributed by atoms with Crippen LogP contribution in [0.15, 0.2) is 58.4 Å². The Morgan fingerprint density at radius 1 is 1.12 bits per heavy atom. The first-order chi connectivity index (χ1) is 15.3. The van der Waals surface area contributed by atoms with E-state index < -0.39 is 16.1 Å². The molecule has 2 aromatic rings. The Bertz CT molecular complexity index is 1060. The second-order valence-corrected chi connectivity index (χ2v) is 9.74. The Hall–Kier alpha value is -2.87. The predicted molar refractivity (Wildman–Crippen MR) is 126 cm³/mol. The zero-order valence-corrected chi connectivity index (χ0v) is 19.6. The molecule has 1 aliphatic rings. The molecule has 0 saturated heterocycles. The highest BCUT2D eigenvalue weighted by Gasteiger charge is 2.31. The fraction of sp³-hybridized carbons (Fsp3) is 0.417. The lowest BCUT2D eigenvalue weighted by atomic mass is 10.1. The van der Waals surface area contributed by atoms with Crippen molar-refractivity contribution >= 4 is 21.8 Å². The summed E-state index contributed by atoms with van der Waals surface area (Å²) >= 11 is 0. The number of fused-ring (bicyclic) bond motifs is 1. The number of nitrogens with one attached hydrogen (secondary N) is 2. The largest absolute Gasteiger partial charge is 0.491 e. The van der Waals surface area contributed by atoms with Gasteiger partial charge >= 0.3 is 0 Å². The van der Waals surface area contributed by atoms with Crippen LogP contribution in [0, 0.1) is 0 Å². The SMILES string of the molecule is CCCCC(N=C1NS(=O)(=O)c2ccccc21)C(=O)NCCc1ccc(OC(C)C)cc1. The predicted octanol–water partition coefficient (Wildman–Crippen LogP) is 3.43. The normalized spacial score (nSPS) is 16.4. The number of carbonyl (C=O) groups is 1. The molecular formula is C24H31N3O4S. The van der Waals surface area contributed by atoms with Gasteiger partial charge in [-0.1, -0.05) is 44.0 Å². The maximum Gasteiger partial charge on any atom is 0.263 e. The lowest BCUT2D eigenvalue weighted by molar-refractivity contribution is -0.122. The van der Waals surface area contributed by atoms with Gasteiger partial charge in [-0.2, -0.15) is 0 Å². The summed E-state index contributed by atoms with van der Waals surface area (Å²) in [5.74, 6) is 0.856. The Morgan fingerprint density at radius 2 is 1.84 bits per heavy atom. The van der Waals surface area contributed by atoms with E-state index in [-0.39, 0.29) is 22.7 Å². The van der Waals surface area contributed by atoms with Crippen LogP contribution in [0.2, 0.25) is 0 Å². The number of nitrogens with zero attached hydrogens (tertiary/aromatic N) is 1. The number of unbranched alkanes of at least 4 members (excludes halogenated alkanes) is 1. The van der Waals surface area contributed by atoms with Gasteiger partial charge in [-0.25, -0.2) is 8.42 Å². The maximum atomic E-state index is 12.9. The first-order valence-electron chi connectivity index (χ1n) is 11.0. The molecule has 3 rings (SSSR count). The van der Waals surface area contributed by atoms with Gasteiger partial charge in [0.25, 0.3) is 10.0 Å². The first kappa shape index (κ1) is 23.8. The number of benzene rings is 2. The zero-order valence-electron chi connectivity index (χ0n) is 18.8. The molecule has 1 aliphatic heterocycles. The molecule has 2 N–H and O–H groups in total. The highest BCUT2D eigenvalue weighted by atomic mass is 32.2. The van der Waals surface area contributed by atoms with Crippen LogP contribution in [0.25, 0.3) is 0 Å². The summed E-state index contributed by atoms with van der Waals surface area (Å²) in [6.07, 6.45) is 3.10. The minimum atomic E-state index is -3.63. The van der Waals surface area contributed by atoms with Crippen molar-refractivity contribution in [2.45, 2.75) is 63.5 Å². The molecule has 1 heterocycles. The number of aliphatic imine (C=N–C) groups is 1. The van der Waals surface area contributed by atoms with Crippen LogP contribution in [0.4, 0.5) is 0 Å². The van der Waals surface area contributed by atoms with Crippen LogP contribution in [0.1, 0.15) is 51.2 Å². The average molecular weight is 458 g/mol. The standard InChI is InChI=1S/C24H31N3O4S/c1-4-5-9-21(26-23-20-8-6-7-10-22(20)32(29,30)27-23)24(28)25-16-15-18-11-13-19(14-12-18)31-17(2)3/h6-8,10-14,17,21H,4-5,9,15-16H2,1-3H3,(H,25,28)(H,26,27). The molecule has 172 valence electrons. The van der Waals surface area contributed by atoms with Crippen molar-refractivity contribution in [2.75, 3.05) is 6.54 Å². The Balaban J connectivity index is 1.65. The van der Waals surface area contributed by atoms with Crippen LogP contribution >= 0.6 is 0 Å². The van der Waals surface area contributed by atoms with Gasteiger partial charge in [-0.3, -0.25) is 14.5 Å². The van der Waals surface area contributed by atoms with Crippen LogP contribution < -0.4 is 14.8 Å². The Kier molecular flexibility index (Phi) is 7.90. The van der Waals surface area contributed by atoms with Gasteiger partial charge in [0.15, 0.2) is 0 Å². The van der Waals surface area contributed by atoms with Crippen molar-refractivity contribution in [2.24, 2.45) is 4.99 Å². The topological polar surface area (TPSA) is 96.9 Å². The third-order valence-corrected chi connectivity index (χ3v) is 6.49. The highest BCUT2D eigenvalue weighted by Crippen LogP contribution is 2.23. The molecular weight excluding hydrogens is 426 g/mol. The average Bonchev–Trinajstić information content (AvgIpc) is 3.02. The fourth-order valence-electron chi connectivity index (χ4n) is 3.49. The van der Waals surface area contributed by atoms with Crippen molar-refractivity contribution in [1.82, 2.24) is 10.0 Å². The lowest BCUT2D eigenvalue weighted by Crippen LogP contribution is -2.36. The number of amidine groups is 1. The van der Waals surface area contributed by atoms with Crippen LogP contribution in [-0.2, 0) is 21.2 Å². The molecule has 1 amide bonds. The van der Waals surface area contributed by atoms with E-state index in [2.05, 4.69) is 15.0 Å². The number of rotatable bonds is 10. The molecule has 0 saturated carbocycles. The van der Waals surface area contributed by atoms with E-state index in [1.807, 2.05) is 45.0 Å². The third-order valence-electron chi connectivity index (χ3n) is 5.09. The van der Waals surface area contributed by atoms with Gasteiger partial charge in [-0.05, 0) is 56.5 Å². The number of amides is 1. The summed E-state index contributed by atoms with van der Waals surface area (Å²) in [5.41, 5.74) is 1.60. The van der Waals surface area contributed by atoms with Crippen LogP contribution in [0.5, 0.6) is 5.75 Å². The number of hydrogen-bond acceptors (Lipinski definition) is 5. The minimum absolute atomic E-state index is 0.123.